The lowest BCUT2D eigenvalue weighted by atomic mass is 10.0. The van der Waals surface area contributed by atoms with Crippen LogP contribution in [0.5, 0.6) is 5.75 Å². The molecule has 1 N–H and O–H groups in total. The fourth-order valence-corrected chi connectivity index (χ4v) is 2.68. The first-order chi connectivity index (χ1) is 10.2. The number of benzene rings is 1. The number of amides is 2. The third kappa shape index (κ3) is 3.01. The first kappa shape index (κ1) is 13.9. The zero-order chi connectivity index (χ0) is 14.8. The van der Waals surface area contributed by atoms with E-state index in [2.05, 4.69) is 5.32 Å². The molecule has 5 heteroatoms. The van der Waals surface area contributed by atoms with Crippen LogP contribution in [0.1, 0.15) is 19.8 Å². The summed E-state index contributed by atoms with van der Waals surface area (Å²) in [7, 11) is 0. The lowest BCUT2D eigenvalue weighted by Gasteiger charge is -2.37. The van der Waals surface area contributed by atoms with E-state index in [0.717, 1.165) is 18.6 Å². The van der Waals surface area contributed by atoms with Crippen LogP contribution in [-0.4, -0.2) is 41.9 Å². The van der Waals surface area contributed by atoms with Gasteiger partial charge in [-0.3, -0.25) is 9.59 Å². The molecule has 1 aliphatic carbocycles. The second-order valence-corrected chi connectivity index (χ2v) is 5.69. The fourth-order valence-electron chi connectivity index (χ4n) is 2.68. The minimum absolute atomic E-state index is 0.0289. The number of carbonyl (C=O) groups is 2. The molecule has 1 aromatic carbocycles. The van der Waals surface area contributed by atoms with Crippen molar-refractivity contribution in [2.24, 2.45) is 5.92 Å². The Labute approximate surface area is 124 Å². The standard InChI is InChI=1S/C16H20N2O3/c1-11-15(19)17-14(12-7-8-12)16(20)18(11)9-10-21-13-5-3-2-4-6-13/h2-6,11-12,14H,7-10H2,1H3,(H,17,19). The summed E-state index contributed by atoms with van der Waals surface area (Å²) in [6.07, 6.45) is 2.05. The van der Waals surface area contributed by atoms with E-state index in [1.807, 2.05) is 30.3 Å². The van der Waals surface area contributed by atoms with Crippen molar-refractivity contribution in [2.75, 3.05) is 13.2 Å². The van der Waals surface area contributed by atoms with E-state index in [-0.39, 0.29) is 17.9 Å². The number of hydrogen-bond acceptors (Lipinski definition) is 3. The van der Waals surface area contributed by atoms with Crippen LogP contribution in [0.2, 0.25) is 0 Å². The highest BCUT2D eigenvalue weighted by Gasteiger charge is 2.45. The van der Waals surface area contributed by atoms with E-state index in [0.29, 0.717) is 19.1 Å². The molecular weight excluding hydrogens is 268 g/mol. The SMILES string of the molecule is CC1C(=O)NC(C2CC2)C(=O)N1CCOc1ccccc1. The summed E-state index contributed by atoms with van der Waals surface area (Å²) >= 11 is 0. The lowest BCUT2D eigenvalue weighted by Crippen LogP contribution is -2.63. The van der Waals surface area contributed by atoms with Gasteiger partial charge in [0.1, 0.15) is 24.4 Å². The number of ether oxygens (including phenoxy) is 1. The predicted octanol–water partition coefficient (Wildman–Crippen LogP) is 1.19. The summed E-state index contributed by atoms with van der Waals surface area (Å²) < 4.78 is 5.63. The molecule has 0 bridgehead atoms. The minimum atomic E-state index is -0.424. The maximum atomic E-state index is 12.5. The van der Waals surface area contributed by atoms with Crippen molar-refractivity contribution in [3.63, 3.8) is 0 Å². The van der Waals surface area contributed by atoms with Crippen LogP contribution >= 0.6 is 0 Å². The van der Waals surface area contributed by atoms with E-state index < -0.39 is 6.04 Å². The number of nitrogens with zero attached hydrogens (tertiary/aromatic N) is 1. The smallest absolute Gasteiger partial charge is 0.246 e. The highest BCUT2D eigenvalue weighted by Crippen LogP contribution is 2.34. The van der Waals surface area contributed by atoms with Crippen molar-refractivity contribution in [3.05, 3.63) is 30.3 Å². The Morgan fingerprint density at radius 1 is 1.24 bits per heavy atom. The number of nitrogens with one attached hydrogen (secondary N) is 1. The van der Waals surface area contributed by atoms with Crippen LogP contribution in [-0.2, 0) is 9.59 Å². The maximum absolute atomic E-state index is 12.5. The number of piperazine rings is 1. The monoisotopic (exact) mass is 288 g/mol. The van der Waals surface area contributed by atoms with Gasteiger partial charge in [0.05, 0.1) is 6.54 Å². The molecule has 0 spiro atoms. The molecule has 1 saturated heterocycles. The first-order valence-corrected chi connectivity index (χ1v) is 7.45. The average molecular weight is 288 g/mol. The zero-order valence-electron chi connectivity index (χ0n) is 12.1. The first-order valence-electron chi connectivity index (χ1n) is 7.45. The summed E-state index contributed by atoms with van der Waals surface area (Å²) in [5.41, 5.74) is 0. The van der Waals surface area contributed by atoms with Gasteiger partial charge in [0.2, 0.25) is 11.8 Å². The summed E-state index contributed by atoms with van der Waals surface area (Å²) in [5, 5.41) is 2.84. The molecule has 2 amide bonds. The molecule has 2 unspecified atom stereocenters. The fraction of sp³-hybridized carbons (Fsp3) is 0.500. The van der Waals surface area contributed by atoms with Gasteiger partial charge in [-0.2, -0.15) is 0 Å². The highest BCUT2D eigenvalue weighted by atomic mass is 16.5. The minimum Gasteiger partial charge on any atom is -0.492 e. The molecular formula is C16H20N2O3. The lowest BCUT2D eigenvalue weighted by molar-refractivity contribution is -0.149. The Hall–Kier alpha value is -2.04. The molecule has 112 valence electrons. The molecule has 3 rings (SSSR count). The molecule has 2 atom stereocenters. The van der Waals surface area contributed by atoms with Crippen molar-refractivity contribution in [1.82, 2.24) is 10.2 Å². The Kier molecular flexibility index (Phi) is 3.82. The number of rotatable bonds is 5. The number of carbonyl (C=O) groups excluding carboxylic acids is 2. The summed E-state index contributed by atoms with van der Waals surface area (Å²) in [5.74, 6) is 1.07. The summed E-state index contributed by atoms with van der Waals surface area (Å²) in [6.45, 7) is 2.59. The Balaban J connectivity index is 1.59. The highest BCUT2D eigenvalue weighted by molar-refractivity contribution is 5.97. The summed E-state index contributed by atoms with van der Waals surface area (Å²) in [4.78, 5) is 26.1. The van der Waals surface area contributed by atoms with Gasteiger partial charge in [0, 0.05) is 0 Å². The van der Waals surface area contributed by atoms with Gasteiger partial charge < -0.3 is 15.0 Å². The molecule has 1 aromatic rings. The van der Waals surface area contributed by atoms with Crippen LogP contribution < -0.4 is 10.1 Å². The van der Waals surface area contributed by atoms with E-state index in [1.165, 1.54) is 0 Å². The Morgan fingerprint density at radius 2 is 1.95 bits per heavy atom. The number of para-hydroxylation sites is 1. The normalized spacial score (nSPS) is 25.7. The molecule has 1 heterocycles. The largest absolute Gasteiger partial charge is 0.492 e. The molecule has 0 radical (unpaired) electrons. The maximum Gasteiger partial charge on any atom is 0.246 e. The van der Waals surface area contributed by atoms with E-state index >= 15 is 0 Å². The topological polar surface area (TPSA) is 58.6 Å². The van der Waals surface area contributed by atoms with Crippen molar-refractivity contribution < 1.29 is 14.3 Å². The molecule has 1 saturated carbocycles. The van der Waals surface area contributed by atoms with Crippen LogP contribution in [0.15, 0.2) is 30.3 Å². The Bertz CT molecular complexity index is 528. The van der Waals surface area contributed by atoms with Gasteiger partial charge in [-0.25, -0.2) is 0 Å². The molecule has 1 aliphatic heterocycles. The number of hydrogen-bond donors (Lipinski definition) is 1. The van der Waals surface area contributed by atoms with E-state index in [9.17, 15) is 9.59 Å². The zero-order valence-corrected chi connectivity index (χ0v) is 12.1. The van der Waals surface area contributed by atoms with Gasteiger partial charge in [-0.1, -0.05) is 18.2 Å². The van der Waals surface area contributed by atoms with Crippen LogP contribution in [0.25, 0.3) is 0 Å². The van der Waals surface area contributed by atoms with Crippen LogP contribution in [0.3, 0.4) is 0 Å². The van der Waals surface area contributed by atoms with Gasteiger partial charge in [-0.15, -0.1) is 0 Å². The third-order valence-corrected chi connectivity index (χ3v) is 4.13. The van der Waals surface area contributed by atoms with Gasteiger partial charge in [0.15, 0.2) is 0 Å². The predicted molar refractivity (Wildman–Crippen MR) is 77.8 cm³/mol. The third-order valence-electron chi connectivity index (χ3n) is 4.13. The molecule has 2 fully saturated rings. The van der Waals surface area contributed by atoms with Crippen LogP contribution in [0.4, 0.5) is 0 Å². The summed E-state index contributed by atoms with van der Waals surface area (Å²) in [6, 6.07) is 8.73. The van der Waals surface area contributed by atoms with Gasteiger partial charge >= 0.3 is 0 Å². The van der Waals surface area contributed by atoms with E-state index in [1.54, 1.807) is 11.8 Å². The molecule has 0 aromatic heterocycles. The second-order valence-electron chi connectivity index (χ2n) is 5.69. The van der Waals surface area contributed by atoms with Crippen molar-refractivity contribution in [2.45, 2.75) is 31.8 Å². The molecule has 2 aliphatic rings. The second kappa shape index (κ2) is 5.76. The average Bonchev–Trinajstić information content (AvgIpc) is 3.32. The molecule has 5 nitrogen and oxygen atoms in total. The molecule has 21 heavy (non-hydrogen) atoms. The van der Waals surface area contributed by atoms with E-state index in [4.69, 9.17) is 4.74 Å². The van der Waals surface area contributed by atoms with Crippen molar-refractivity contribution in [3.8, 4) is 5.75 Å². The van der Waals surface area contributed by atoms with Crippen LogP contribution in [0, 0.1) is 5.92 Å². The van der Waals surface area contributed by atoms with Crippen molar-refractivity contribution in [1.29, 1.82) is 0 Å². The van der Waals surface area contributed by atoms with Crippen molar-refractivity contribution >= 4 is 11.8 Å². The van der Waals surface area contributed by atoms with Gasteiger partial charge in [-0.05, 0) is 37.8 Å². The van der Waals surface area contributed by atoms with Gasteiger partial charge in [0.25, 0.3) is 0 Å². The quantitative estimate of drug-likeness (QED) is 0.885. The Morgan fingerprint density at radius 3 is 2.62 bits per heavy atom.